The van der Waals surface area contributed by atoms with Crippen molar-refractivity contribution in [2.45, 2.75) is 30.6 Å². The topological polar surface area (TPSA) is 50.7 Å². The van der Waals surface area contributed by atoms with Crippen LogP contribution in [-0.4, -0.2) is 58.2 Å². The molecule has 0 N–H and O–H groups in total. The number of allylic oxidation sites excluding steroid dienone is 4. The van der Waals surface area contributed by atoms with Crippen molar-refractivity contribution >= 4 is 11.8 Å². The molecule has 1 aromatic rings. The van der Waals surface area contributed by atoms with E-state index in [4.69, 9.17) is 9.47 Å². The normalized spacial score (nSPS) is 19.6. The van der Waals surface area contributed by atoms with E-state index in [-0.39, 0.29) is 5.16 Å². The summed E-state index contributed by atoms with van der Waals surface area (Å²) in [5.41, 5.74) is 0.428. The van der Waals surface area contributed by atoms with Crippen molar-refractivity contribution in [2.75, 3.05) is 38.5 Å². The Labute approximate surface area is 189 Å². The molecule has 3 aliphatic rings. The molecular formula is C22H25F3N4O2S. The Bertz CT molecular complexity index is 922. The lowest BCUT2D eigenvalue weighted by Crippen LogP contribution is -2.46. The first kappa shape index (κ1) is 22.7. The number of alkyl halides is 3. The van der Waals surface area contributed by atoms with Gasteiger partial charge in [-0.15, -0.1) is 0 Å². The van der Waals surface area contributed by atoms with Crippen LogP contribution < -0.4 is 0 Å². The molecule has 6 nitrogen and oxygen atoms in total. The molecule has 32 heavy (non-hydrogen) atoms. The summed E-state index contributed by atoms with van der Waals surface area (Å²) in [4.78, 5) is 11.9. The molecule has 172 valence electrons. The molecule has 0 amide bonds. The highest BCUT2D eigenvalue weighted by Gasteiger charge is 2.32. The summed E-state index contributed by atoms with van der Waals surface area (Å²) in [5.74, 6) is 2.14. The second-order valence-corrected chi connectivity index (χ2v) is 8.71. The summed E-state index contributed by atoms with van der Waals surface area (Å²) in [6.07, 6.45) is 9.30. The van der Waals surface area contributed by atoms with E-state index in [0.717, 1.165) is 70.0 Å². The van der Waals surface area contributed by atoms with Crippen LogP contribution in [0.2, 0.25) is 0 Å². The van der Waals surface area contributed by atoms with Crippen LogP contribution in [0.3, 0.4) is 0 Å². The summed E-state index contributed by atoms with van der Waals surface area (Å²) >= 11 is 1.24. The van der Waals surface area contributed by atoms with Gasteiger partial charge in [-0.2, -0.15) is 13.2 Å². The van der Waals surface area contributed by atoms with Crippen LogP contribution in [-0.2, 0) is 15.7 Å². The highest BCUT2D eigenvalue weighted by molar-refractivity contribution is 7.99. The van der Waals surface area contributed by atoms with Crippen LogP contribution in [0, 0.1) is 0 Å². The molecule has 1 saturated heterocycles. The Morgan fingerprint density at radius 3 is 2.62 bits per heavy atom. The van der Waals surface area contributed by atoms with Gasteiger partial charge in [0, 0.05) is 51.1 Å². The SMILES string of the molecule is FC(F)(F)c1ccnc(SCCN2CCN(C3=COC(CC4=CC=CCC4)=CO3)CC2)n1. The zero-order valence-electron chi connectivity index (χ0n) is 17.6. The second-order valence-electron chi connectivity index (χ2n) is 7.64. The zero-order valence-corrected chi connectivity index (χ0v) is 18.4. The molecule has 0 bridgehead atoms. The van der Waals surface area contributed by atoms with Gasteiger partial charge in [-0.3, -0.25) is 4.90 Å². The summed E-state index contributed by atoms with van der Waals surface area (Å²) in [6.45, 7) is 4.00. The Hall–Kier alpha value is -2.46. The molecule has 1 aromatic heterocycles. The van der Waals surface area contributed by atoms with Gasteiger partial charge in [-0.25, -0.2) is 9.97 Å². The van der Waals surface area contributed by atoms with E-state index in [1.807, 2.05) is 0 Å². The number of hydrogen-bond acceptors (Lipinski definition) is 7. The highest BCUT2D eigenvalue weighted by atomic mass is 32.2. The molecule has 0 spiro atoms. The number of halogens is 3. The van der Waals surface area contributed by atoms with E-state index < -0.39 is 11.9 Å². The fraction of sp³-hybridized carbons (Fsp3) is 0.455. The maximum absolute atomic E-state index is 12.8. The summed E-state index contributed by atoms with van der Waals surface area (Å²) in [7, 11) is 0. The van der Waals surface area contributed by atoms with Gasteiger partial charge in [-0.1, -0.05) is 35.6 Å². The van der Waals surface area contributed by atoms with E-state index in [2.05, 4.69) is 38.0 Å². The summed E-state index contributed by atoms with van der Waals surface area (Å²) in [6, 6.07) is 0.887. The van der Waals surface area contributed by atoms with E-state index in [1.165, 1.54) is 17.3 Å². The molecule has 0 atom stereocenters. The number of ether oxygens (including phenoxy) is 2. The quantitative estimate of drug-likeness (QED) is 0.431. The van der Waals surface area contributed by atoms with Crippen LogP contribution >= 0.6 is 11.8 Å². The fourth-order valence-corrected chi connectivity index (χ4v) is 4.42. The third-order valence-electron chi connectivity index (χ3n) is 5.37. The van der Waals surface area contributed by atoms with Crippen molar-refractivity contribution < 1.29 is 22.6 Å². The van der Waals surface area contributed by atoms with Gasteiger partial charge in [0.1, 0.15) is 17.7 Å². The standard InChI is InChI=1S/C22H25F3N4O2S/c23-22(24,25)19-6-7-26-21(27-19)32-13-12-28-8-10-29(11-9-28)20-16-30-18(15-31-20)14-17-4-2-1-3-5-17/h1-2,4,6-7,15-16H,3,5,8-14H2. The van der Waals surface area contributed by atoms with Gasteiger partial charge in [0.05, 0.1) is 0 Å². The van der Waals surface area contributed by atoms with Crippen molar-refractivity contribution in [3.63, 3.8) is 0 Å². The predicted molar refractivity (Wildman–Crippen MR) is 115 cm³/mol. The number of aromatic nitrogens is 2. The molecule has 3 heterocycles. The first-order valence-corrected chi connectivity index (χ1v) is 11.5. The van der Waals surface area contributed by atoms with Gasteiger partial charge in [0.2, 0.25) is 5.88 Å². The largest absolute Gasteiger partial charge is 0.460 e. The van der Waals surface area contributed by atoms with Gasteiger partial charge in [0.15, 0.2) is 11.4 Å². The minimum absolute atomic E-state index is 0.152. The molecule has 2 aliphatic heterocycles. The summed E-state index contributed by atoms with van der Waals surface area (Å²) < 4.78 is 49.8. The molecule has 0 saturated carbocycles. The predicted octanol–water partition coefficient (Wildman–Crippen LogP) is 4.56. The van der Waals surface area contributed by atoms with Crippen molar-refractivity contribution in [3.05, 3.63) is 65.9 Å². The Kier molecular flexibility index (Phi) is 7.41. The first-order chi connectivity index (χ1) is 15.5. The zero-order chi connectivity index (χ0) is 22.4. The number of nitrogens with zero attached hydrogens (tertiary/aromatic N) is 4. The lowest BCUT2D eigenvalue weighted by molar-refractivity contribution is -0.141. The van der Waals surface area contributed by atoms with Gasteiger partial charge < -0.3 is 14.4 Å². The summed E-state index contributed by atoms with van der Waals surface area (Å²) in [5, 5.41) is 0.152. The monoisotopic (exact) mass is 466 g/mol. The number of rotatable bonds is 7. The Balaban J connectivity index is 1.17. The molecule has 1 aliphatic carbocycles. The van der Waals surface area contributed by atoms with Crippen LogP contribution in [0.4, 0.5) is 13.2 Å². The van der Waals surface area contributed by atoms with E-state index in [9.17, 15) is 13.2 Å². The van der Waals surface area contributed by atoms with Crippen molar-refractivity contribution in [2.24, 2.45) is 0 Å². The van der Waals surface area contributed by atoms with E-state index in [0.29, 0.717) is 11.6 Å². The number of piperazine rings is 1. The van der Waals surface area contributed by atoms with Crippen LogP contribution in [0.15, 0.2) is 65.4 Å². The average molecular weight is 467 g/mol. The van der Waals surface area contributed by atoms with Gasteiger partial charge in [-0.05, 0) is 18.9 Å². The maximum atomic E-state index is 12.8. The molecule has 0 radical (unpaired) electrons. The highest BCUT2D eigenvalue weighted by Crippen LogP contribution is 2.28. The number of thioether (sulfide) groups is 1. The molecule has 0 unspecified atom stereocenters. The van der Waals surface area contributed by atoms with Gasteiger partial charge in [0.25, 0.3) is 0 Å². The third kappa shape index (κ3) is 6.29. The van der Waals surface area contributed by atoms with Crippen LogP contribution in [0.1, 0.15) is 25.0 Å². The molecular weight excluding hydrogens is 441 g/mol. The van der Waals surface area contributed by atoms with Crippen molar-refractivity contribution in [1.29, 1.82) is 0 Å². The molecule has 4 rings (SSSR count). The first-order valence-electron chi connectivity index (χ1n) is 10.5. The average Bonchev–Trinajstić information content (AvgIpc) is 2.81. The minimum Gasteiger partial charge on any atom is -0.460 e. The minimum atomic E-state index is -4.45. The molecule has 0 aromatic carbocycles. The van der Waals surface area contributed by atoms with E-state index >= 15 is 0 Å². The lowest BCUT2D eigenvalue weighted by atomic mass is 10.0. The Morgan fingerprint density at radius 1 is 1.09 bits per heavy atom. The second kappa shape index (κ2) is 10.4. The number of hydrogen-bond donors (Lipinski definition) is 0. The third-order valence-corrected chi connectivity index (χ3v) is 6.21. The molecule has 10 heteroatoms. The van der Waals surface area contributed by atoms with Crippen molar-refractivity contribution in [1.82, 2.24) is 19.8 Å². The maximum Gasteiger partial charge on any atom is 0.433 e. The van der Waals surface area contributed by atoms with E-state index in [1.54, 1.807) is 12.5 Å². The smallest absolute Gasteiger partial charge is 0.433 e. The van der Waals surface area contributed by atoms with Gasteiger partial charge >= 0.3 is 6.18 Å². The van der Waals surface area contributed by atoms with Crippen LogP contribution in [0.5, 0.6) is 0 Å². The lowest BCUT2D eigenvalue weighted by Gasteiger charge is -2.36. The Morgan fingerprint density at radius 2 is 1.94 bits per heavy atom. The van der Waals surface area contributed by atoms with Crippen LogP contribution in [0.25, 0.3) is 0 Å². The molecule has 1 fully saturated rings. The fourth-order valence-electron chi connectivity index (χ4n) is 3.59. The van der Waals surface area contributed by atoms with Crippen molar-refractivity contribution in [3.8, 4) is 0 Å².